The molecular weight excluding hydrogens is 444 g/mol. The van der Waals surface area contributed by atoms with E-state index < -0.39 is 17.2 Å². The summed E-state index contributed by atoms with van der Waals surface area (Å²) in [7, 11) is 0. The minimum Gasteiger partial charge on any atom is -0.355 e. The number of likely N-dealkylation sites (tertiary alicyclic amines) is 1. The van der Waals surface area contributed by atoms with Gasteiger partial charge in [-0.25, -0.2) is 4.39 Å². The standard InChI is InChI=1S/C27H30F4N2O/c28-22-10-4-19(5-11-22)23-18-32-24(34)25(23)14-16-33(17-15-25)26(12-2-1-3-13-26)20-6-8-21(9-7-20)27(29,30)31/h4-11,23H,1-3,12-18H2,(H,32,34). The lowest BCUT2D eigenvalue weighted by molar-refractivity contribution is -0.137. The summed E-state index contributed by atoms with van der Waals surface area (Å²) in [4.78, 5) is 15.5. The summed E-state index contributed by atoms with van der Waals surface area (Å²) in [5, 5.41) is 3.04. The van der Waals surface area contributed by atoms with Crippen LogP contribution in [0, 0.1) is 11.2 Å². The average molecular weight is 475 g/mol. The van der Waals surface area contributed by atoms with Gasteiger partial charge in [0.25, 0.3) is 0 Å². The van der Waals surface area contributed by atoms with Gasteiger partial charge in [0.15, 0.2) is 0 Å². The summed E-state index contributed by atoms with van der Waals surface area (Å²) in [5.41, 5.74) is 0.490. The van der Waals surface area contributed by atoms with Crippen molar-refractivity contribution in [1.29, 1.82) is 0 Å². The number of amides is 1. The number of nitrogens with zero attached hydrogens (tertiary/aromatic N) is 1. The molecule has 1 N–H and O–H groups in total. The van der Waals surface area contributed by atoms with Crippen molar-refractivity contribution in [3.63, 3.8) is 0 Å². The number of hydrogen-bond acceptors (Lipinski definition) is 2. The molecule has 0 radical (unpaired) electrons. The first kappa shape index (κ1) is 23.3. The van der Waals surface area contributed by atoms with Gasteiger partial charge in [-0.15, -0.1) is 0 Å². The maximum absolute atomic E-state index is 13.5. The van der Waals surface area contributed by atoms with Crippen LogP contribution in [0.15, 0.2) is 48.5 Å². The fraction of sp³-hybridized carbons (Fsp3) is 0.519. The predicted octanol–water partition coefficient (Wildman–Crippen LogP) is 6.00. The molecule has 0 bridgehead atoms. The molecule has 3 fully saturated rings. The molecule has 7 heteroatoms. The largest absolute Gasteiger partial charge is 0.416 e. The molecule has 5 rings (SSSR count). The van der Waals surface area contributed by atoms with E-state index in [0.717, 1.165) is 43.2 Å². The van der Waals surface area contributed by atoms with Gasteiger partial charge >= 0.3 is 6.18 Å². The van der Waals surface area contributed by atoms with Crippen molar-refractivity contribution in [2.75, 3.05) is 19.6 Å². The zero-order valence-electron chi connectivity index (χ0n) is 19.1. The second kappa shape index (κ2) is 8.67. The van der Waals surface area contributed by atoms with Crippen LogP contribution >= 0.6 is 0 Å². The summed E-state index contributed by atoms with van der Waals surface area (Å²) in [6, 6.07) is 12.2. The molecule has 1 saturated carbocycles. The van der Waals surface area contributed by atoms with E-state index in [-0.39, 0.29) is 23.2 Å². The monoisotopic (exact) mass is 474 g/mol. The zero-order valence-corrected chi connectivity index (χ0v) is 19.1. The number of piperidine rings is 1. The molecule has 34 heavy (non-hydrogen) atoms. The molecule has 1 atom stereocenters. The van der Waals surface area contributed by atoms with Gasteiger partial charge < -0.3 is 5.32 Å². The molecule has 2 aliphatic heterocycles. The maximum atomic E-state index is 13.5. The van der Waals surface area contributed by atoms with Crippen LogP contribution in [0.2, 0.25) is 0 Å². The number of nitrogens with one attached hydrogen (secondary N) is 1. The summed E-state index contributed by atoms with van der Waals surface area (Å²) < 4.78 is 52.9. The molecule has 1 amide bonds. The Morgan fingerprint density at radius 2 is 1.47 bits per heavy atom. The summed E-state index contributed by atoms with van der Waals surface area (Å²) in [6.07, 6.45) is 2.07. The van der Waals surface area contributed by atoms with Gasteiger partial charge in [0.05, 0.1) is 11.0 Å². The third-order valence-corrected chi connectivity index (χ3v) is 8.55. The van der Waals surface area contributed by atoms with Crippen molar-refractivity contribution in [1.82, 2.24) is 10.2 Å². The van der Waals surface area contributed by atoms with E-state index >= 15 is 0 Å². The number of carbonyl (C=O) groups excluding carboxylic acids is 1. The highest BCUT2D eigenvalue weighted by Crippen LogP contribution is 2.51. The van der Waals surface area contributed by atoms with Crippen LogP contribution in [0.4, 0.5) is 17.6 Å². The van der Waals surface area contributed by atoms with E-state index in [9.17, 15) is 22.4 Å². The van der Waals surface area contributed by atoms with E-state index in [0.29, 0.717) is 32.5 Å². The fourth-order valence-corrected chi connectivity index (χ4v) is 6.66. The minimum absolute atomic E-state index is 0.00359. The highest BCUT2D eigenvalue weighted by atomic mass is 19.4. The molecule has 2 heterocycles. The van der Waals surface area contributed by atoms with Gasteiger partial charge in [-0.2, -0.15) is 13.2 Å². The van der Waals surface area contributed by atoms with Gasteiger partial charge in [-0.3, -0.25) is 9.69 Å². The molecule has 3 aliphatic rings. The van der Waals surface area contributed by atoms with Crippen LogP contribution < -0.4 is 5.32 Å². The van der Waals surface area contributed by atoms with Crippen LogP contribution in [0.5, 0.6) is 0 Å². The summed E-state index contributed by atoms with van der Waals surface area (Å²) >= 11 is 0. The molecule has 1 unspecified atom stereocenters. The number of rotatable bonds is 3. The smallest absolute Gasteiger partial charge is 0.355 e. The van der Waals surface area contributed by atoms with Crippen molar-refractivity contribution in [3.8, 4) is 0 Å². The molecule has 1 aliphatic carbocycles. The molecule has 0 aromatic heterocycles. The van der Waals surface area contributed by atoms with E-state index in [1.807, 2.05) is 0 Å². The molecule has 2 aromatic carbocycles. The van der Waals surface area contributed by atoms with Crippen molar-refractivity contribution in [2.24, 2.45) is 5.41 Å². The van der Waals surface area contributed by atoms with E-state index in [2.05, 4.69) is 10.2 Å². The van der Waals surface area contributed by atoms with E-state index in [4.69, 9.17) is 0 Å². The summed E-state index contributed by atoms with van der Waals surface area (Å²) in [6.45, 7) is 1.98. The van der Waals surface area contributed by atoms with E-state index in [1.165, 1.54) is 24.3 Å². The second-order valence-electron chi connectivity index (χ2n) is 10.1. The van der Waals surface area contributed by atoms with Crippen LogP contribution in [-0.2, 0) is 16.5 Å². The van der Waals surface area contributed by atoms with Gasteiger partial charge in [-0.05, 0) is 61.1 Å². The van der Waals surface area contributed by atoms with Crippen LogP contribution in [0.1, 0.15) is 67.6 Å². The van der Waals surface area contributed by atoms with E-state index in [1.54, 1.807) is 24.3 Å². The average Bonchev–Trinajstić information content (AvgIpc) is 3.15. The Labute approximate surface area is 197 Å². The van der Waals surface area contributed by atoms with Crippen molar-refractivity contribution in [2.45, 2.75) is 62.6 Å². The third-order valence-electron chi connectivity index (χ3n) is 8.55. The molecular formula is C27H30F4N2O. The minimum atomic E-state index is -4.35. The topological polar surface area (TPSA) is 32.3 Å². The Bertz CT molecular complexity index is 1020. The van der Waals surface area contributed by atoms with Gasteiger partial charge in [0.2, 0.25) is 5.91 Å². The Kier molecular flexibility index (Phi) is 5.95. The Morgan fingerprint density at radius 3 is 2.06 bits per heavy atom. The number of benzene rings is 2. The first-order valence-corrected chi connectivity index (χ1v) is 12.2. The number of carbonyl (C=O) groups is 1. The summed E-state index contributed by atoms with van der Waals surface area (Å²) in [5.74, 6) is -0.231. The third kappa shape index (κ3) is 3.92. The quantitative estimate of drug-likeness (QED) is 0.554. The van der Waals surface area contributed by atoms with Crippen LogP contribution in [0.25, 0.3) is 0 Å². The highest BCUT2D eigenvalue weighted by molar-refractivity contribution is 5.86. The first-order chi connectivity index (χ1) is 16.2. The highest BCUT2D eigenvalue weighted by Gasteiger charge is 2.54. The fourth-order valence-electron chi connectivity index (χ4n) is 6.66. The van der Waals surface area contributed by atoms with Crippen molar-refractivity contribution in [3.05, 3.63) is 71.0 Å². The molecule has 1 spiro atoms. The lowest BCUT2D eigenvalue weighted by Gasteiger charge is -2.52. The molecule has 3 nitrogen and oxygen atoms in total. The predicted molar refractivity (Wildman–Crippen MR) is 122 cm³/mol. The maximum Gasteiger partial charge on any atom is 0.416 e. The Hall–Kier alpha value is -2.41. The van der Waals surface area contributed by atoms with Crippen molar-refractivity contribution >= 4 is 5.91 Å². The van der Waals surface area contributed by atoms with Crippen LogP contribution in [-0.4, -0.2) is 30.4 Å². The van der Waals surface area contributed by atoms with Gasteiger partial charge in [-0.1, -0.05) is 43.5 Å². The zero-order chi connectivity index (χ0) is 24.0. The molecule has 2 aromatic rings. The SMILES string of the molecule is O=C1NCC(c2ccc(F)cc2)C12CCN(C1(c3ccc(C(F)(F)F)cc3)CCCCC1)CC2. The van der Waals surface area contributed by atoms with Gasteiger partial charge in [0, 0.05) is 31.1 Å². The number of alkyl halides is 3. The number of hydrogen-bond donors (Lipinski definition) is 1. The lowest BCUT2D eigenvalue weighted by atomic mass is 9.66. The van der Waals surface area contributed by atoms with Crippen LogP contribution in [0.3, 0.4) is 0 Å². The molecule has 2 saturated heterocycles. The Balaban J connectivity index is 1.41. The Morgan fingerprint density at radius 1 is 0.853 bits per heavy atom. The van der Waals surface area contributed by atoms with Crippen molar-refractivity contribution < 1.29 is 22.4 Å². The molecule has 182 valence electrons. The normalized spacial score (nSPS) is 24.8. The van der Waals surface area contributed by atoms with Gasteiger partial charge in [0.1, 0.15) is 5.82 Å². The second-order valence-corrected chi connectivity index (χ2v) is 10.1. The lowest BCUT2D eigenvalue weighted by Crippen LogP contribution is -2.54. The number of halogens is 4. The first-order valence-electron chi connectivity index (χ1n) is 12.2.